The number of aliphatic hydroxyl groups is 1. The van der Waals surface area contributed by atoms with E-state index in [4.69, 9.17) is 16.3 Å². The average Bonchev–Trinajstić information content (AvgIpc) is 3.08. The first-order chi connectivity index (χ1) is 19.4. The molecule has 2 heterocycles. The van der Waals surface area contributed by atoms with E-state index in [2.05, 4.69) is 21.8 Å². The van der Waals surface area contributed by atoms with Gasteiger partial charge in [-0.15, -0.1) is 0 Å². The summed E-state index contributed by atoms with van der Waals surface area (Å²) in [5.41, 5.74) is 3.77. The third-order valence-electron chi connectivity index (χ3n) is 8.91. The predicted octanol–water partition coefficient (Wildman–Crippen LogP) is 5.97. The van der Waals surface area contributed by atoms with Crippen molar-refractivity contribution < 1.29 is 18.8 Å². The standard InChI is InChI=1S/C30H35ClN2O4S.C2H6/c31-23-9-11-25-20(15-23)5-4-13-30(25)18-33-17-22-7-10-24(22)27(34)6-2-1-3-14-38(36)32-29(35)21-8-12-28(37-19-30)26(33)16-21;1-2/h2,6,8-9,11-12,15-16,22,24,27,34H,1,3-5,7,10,13-14,17-19H2,(H,32,35);1-2H3/b6-2+;. The van der Waals surface area contributed by atoms with Crippen LogP contribution in [0.25, 0.3) is 0 Å². The number of amides is 1. The van der Waals surface area contributed by atoms with E-state index in [0.717, 1.165) is 68.1 Å². The van der Waals surface area contributed by atoms with Crippen LogP contribution in [-0.2, 0) is 22.8 Å². The first-order valence-corrected chi connectivity index (χ1v) is 16.5. The Morgan fingerprint density at radius 1 is 1.15 bits per heavy atom. The third kappa shape index (κ3) is 5.97. The van der Waals surface area contributed by atoms with E-state index in [1.165, 1.54) is 11.1 Å². The zero-order valence-electron chi connectivity index (χ0n) is 23.5. The number of nitrogens with one attached hydrogen (secondary N) is 1. The summed E-state index contributed by atoms with van der Waals surface area (Å²) in [5, 5.41) is 11.7. The summed E-state index contributed by atoms with van der Waals surface area (Å²) in [6.07, 6.45) is 9.99. The summed E-state index contributed by atoms with van der Waals surface area (Å²) in [7, 11) is -1.46. The highest BCUT2D eigenvalue weighted by atomic mass is 35.5. The number of hydrogen-bond donors (Lipinski definition) is 2. The molecule has 2 aliphatic carbocycles. The number of benzene rings is 2. The summed E-state index contributed by atoms with van der Waals surface area (Å²) in [6.45, 7) is 6.11. The lowest BCUT2D eigenvalue weighted by atomic mass is 9.68. The molecule has 1 saturated carbocycles. The van der Waals surface area contributed by atoms with Gasteiger partial charge in [0.25, 0.3) is 5.91 Å². The van der Waals surface area contributed by atoms with Crippen LogP contribution in [0, 0.1) is 11.8 Å². The second kappa shape index (κ2) is 12.7. The normalized spacial score (nSPS) is 30.7. The molecular weight excluding hydrogens is 544 g/mol. The van der Waals surface area contributed by atoms with Gasteiger partial charge in [0.15, 0.2) is 0 Å². The second-order valence-corrected chi connectivity index (χ2v) is 13.1. The Balaban J connectivity index is 0.00000158. The fraction of sp³-hybridized carbons (Fsp3) is 0.531. The van der Waals surface area contributed by atoms with Gasteiger partial charge in [-0.25, -0.2) is 4.21 Å². The van der Waals surface area contributed by atoms with Crippen molar-refractivity contribution in [2.45, 2.75) is 70.3 Å². The van der Waals surface area contributed by atoms with Crippen LogP contribution in [-0.4, -0.2) is 46.8 Å². The van der Waals surface area contributed by atoms with Crippen LogP contribution >= 0.6 is 11.6 Å². The quantitative estimate of drug-likeness (QED) is 0.373. The highest BCUT2D eigenvalue weighted by Gasteiger charge is 2.44. The maximum atomic E-state index is 13.0. The molecule has 216 valence electrons. The Morgan fingerprint density at radius 3 is 2.80 bits per heavy atom. The van der Waals surface area contributed by atoms with Crippen molar-refractivity contribution in [3.63, 3.8) is 0 Å². The number of anilines is 1. The van der Waals surface area contributed by atoms with Crippen molar-refractivity contribution in [2.75, 3.05) is 30.3 Å². The minimum absolute atomic E-state index is 0.195. The molecule has 6 rings (SSSR count). The van der Waals surface area contributed by atoms with Gasteiger partial charge in [0.2, 0.25) is 0 Å². The van der Waals surface area contributed by atoms with Crippen LogP contribution in [0.15, 0.2) is 48.6 Å². The molecule has 2 N–H and O–H groups in total. The largest absolute Gasteiger partial charge is 0.490 e. The SMILES string of the molecule is CC.O=C1NS(=O)CCC/C=C/C(O)C2CCC2CN2CC3(CCCc4cc(Cl)ccc43)COc3ccc1cc32. The van der Waals surface area contributed by atoms with Crippen molar-refractivity contribution in [2.24, 2.45) is 11.8 Å². The van der Waals surface area contributed by atoms with Crippen molar-refractivity contribution >= 4 is 34.2 Å². The summed E-state index contributed by atoms with van der Waals surface area (Å²) in [4.78, 5) is 15.4. The molecule has 8 heteroatoms. The zero-order valence-corrected chi connectivity index (χ0v) is 25.1. The fourth-order valence-electron chi connectivity index (χ4n) is 6.73. The van der Waals surface area contributed by atoms with Crippen LogP contribution in [0.4, 0.5) is 5.69 Å². The lowest BCUT2D eigenvalue weighted by molar-refractivity contribution is 0.0456. The van der Waals surface area contributed by atoms with E-state index in [1.807, 2.05) is 44.2 Å². The predicted molar refractivity (Wildman–Crippen MR) is 163 cm³/mol. The van der Waals surface area contributed by atoms with E-state index >= 15 is 0 Å². The van der Waals surface area contributed by atoms with E-state index in [0.29, 0.717) is 30.3 Å². The van der Waals surface area contributed by atoms with Gasteiger partial charge in [-0.1, -0.05) is 43.7 Å². The number of fused-ring (bicyclic) bond motifs is 4. The molecule has 1 spiro atoms. The molecule has 5 atom stereocenters. The van der Waals surface area contributed by atoms with Gasteiger partial charge in [-0.05, 0) is 98.2 Å². The van der Waals surface area contributed by atoms with E-state index in [-0.39, 0.29) is 17.2 Å². The number of carbonyl (C=O) groups is 1. The molecule has 2 bridgehead atoms. The number of carbonyl (C=O) groups excluding carboxylic acids is 1. The smallest absolute Gasteiger partial charge is 0.263 e. The van der Waals surface area contributed by atoms with Gasteiger partial charge in [0, 0.05) is 34.8 Å². The van der Waals surface area contributed by atoms with E-state index in [9.17, 15) is 14.1 Å². The number of ether oxygens (including phenoxy) is 1. The number of aryl methyl sites for hydroxylation is 1. The van der Waals surface area contributed by atoms with Crippen molar-refractivity contribution in [3.8, 4) is 5.75 Å². The Hall–Kier alpha value is -2.35. The Bertz CT molecular complexity index is 1280. The number of halogens is 1. The topological polar surface area (TPSA) is 78.9 Å². The maximum absolute atomic E-state index is 13.0. The molecule has 2 aromatic carbocycles. The number of aliphatic hydroxyl groups excluding tert-OH is 1. The monoisotopic (exact) mass is 584 g/mol. The Kier molecular flexibility index (Phi) is 9.23. The highest BCUT2D eigenvalue weighted by molar-refractivity contribution is 7.83. The molecule has 4 aliphatic rings. The van der Waals surface area contributed by atoms with Gasteiger partial charge in [-0.2, -0.15) is 0 Å². The molecular formula is C32H41ClN2O4S. The van der Waals surface area contributed by atoms with Crippen molar-refractivity contribution in [1.82, 2.24) is 4.72 Å². The molecule has 1 fully saturated rings. The molecule has 5 unspecified atom stereocenters. The van der Waals surface area contributed by atoms with Gasteiger partial charge in [0.05, 0.1) is 18.4 Å². The van der Waals surface area contributed by atoms with Crippen LogP contribution in [0.3, 0.4) is 0 Å². The molecule has 2 aromatic rings. The van der Waals surface area contributed by atoms with Crippen LogP contribution < -0.4 is 14.4 Å². The average molecular weight is 585 g/mol. The molecule has 1 amide bonds. The lowest BCUT2D eigenvalue weighted by Crippen LogP contribution is -2.49. The van der Waals surface area contributed by atoms with Crippen LogP contribution in [0.2, 0.25) is 5.02 Å². The van der Waals surface area contributed by atoms with Gasteiger partial charge >= 0.3 is 0 Å². The Labute approximate surface area is 245 Å². The molecule has 0 aromatic heterocycles. The highest BCUT2D eigenvalue weighted by Crippen LogP contribution is 2.46. The van der Waals surface area contributed by atoms with Gasteiger partial charge < -0.3 is 14.7 Å². The summed E-state index contributed by atoms with van der Waals surface area (Å²) in [6, 6.07) is 11.8. The second-order valence-electron chi connectivity index (χ2n) is 11.3. The van der Waals surface area contributed by atoms with Crippen LogP contribution in [0.1, 0.15) is 73.9 Å². The molecule has 40 heavy (non-hydrogen) atoms. The van der Waals surface area contributed by atoms with Gasteiger partial charge in [-0.3, -0.25) is 9.52 Å². The summed E-state index contributed by atoms with van der Waals surface area (Å²) in [5.74, 6) is 1.37. The van der Waals surface area contributed by atoms with Crippen LogP contribution in [0.5, 0.6) is 5.75 Å². The zero-order chi connectivity index (χ0) is 28.3. The number of rotatable bonds is 0. The van der Waals surface area contributed by atoms with E-state index in [1.54, 1.807) is 6.07 Å². The maximum Gasteiger partial charge on any atom is 0.263 e. The molecule has 0 saturated heterocycles. The van der Waals surface area contributed by atoms with Crippen molar-refractivity contribution in [1.29, 1.82) is 0 Å². The third-order valence-corrected chi connectivity index (χ3v) is 10.2. The minimum Gasteiger partial charge on any atom is -0.490 e. The first-order valence-electron chi connectivity index (χ1n) is 14.8. The van der Waals surface area contributed by atoms with Crippen molar-refractivity contribution in [3.05, 3.63) is 70.3 Å². The van der Waals surface area contributed by atoms with Gasteiger partial charge in [0.1, 0.15) is 16.7 Å². The molecule has 2 aliphatic heterocycles. The lowest BCUT2D eigenvalue weighted by Gasteiger charge is -2.45. The molecule has 6 nitrogen and oxygen atoms in total. The summed E-state index contributed by atoms with van der Waals surface area (Å²) < 4.78 is 21.7. The molecule has 0 radical (unpaired) electrons. The summed E-state index contributed by atoms with van der Waals surface area (Å²) >= 11 is 6.37. The van der Waals surface area contributed by atoms with E-state index < -0.39 is 17.1 Å². The minimum atomic E-state index is -1.46. The number of nitrogens with zero attached hydrogens (tertiary/aromatic N) is 1. The first kappa shape index (κ1) is 29.2. The number of hydrogen-bond acceptors (Lipinski definition) is 5. The fourth-order valence-corrected chi connectivity index (χ4v) is 7.78. The number of allylic oxidation sites excluding steroid dienone is 1. The Morgan fingerprint density at radius 2 is 2.00 bits per heavy atom.